The Morgan fingerprint density at radius 1 is 1.33 bits per heavy atom. The summed E-state index contributed by atoms with van der Waals surface area (Å²) in [6.45, 7) is 6.16. The number of nitrogens with zero attached hydrogens (tertiary/aromatic N) is 1. The van der Waals surface area contributed by atoms with Crippen LogP contribution in [0.4, 0.5) is 5.69 Å². The number of nitrogens with one attached hydrogen (secondary N) is 1. The highest BCUT2D eigenvalue weighted by molar-refractivity contribution is 5.78. The van der Waals surface area contributed by atoms with Gasteiger partial charge in [0, 0.05) is 5.69 Å². The van der Waals surface area contributed by atoms with Crippen molar-refractivity contribution in [2.75, 3.05) is 11.9 Å². The van der Waals surface area contributed by atoms with E-state index >= 15 is 0 Å². The van der Waals surface area contributed by atoms with Crippen LogP contribution in [0.5, 0.6) is 0 Å². The lowest BCUT2D eigenvalue weighted by Gasteiger charge is -2.15. The topological polar surface area (TPSA) is 62.1 Å². The molecule has 4 heteroatoms. The van der Waals surface area contributed by atoms with Crippen molar-refractivity contribution in [2.45, 2.75) is 26.8 Å². The van der Waals surface area contributed by atoms with Crippen molar-refractivity contribution in [3.8, 4) is 6.07 Å². The zero-order valence-corrected chi connectivity index (χ0v) is 10.9. The third-order valence-electron chi connectivity index (χ3n) is 2.31. The molecule has 0 aromatic heterocycles. The molecule has 1 rings (SSSR count). The number of ether oxygens (including phenoxy) is 1. The fourth-order valence-electron chi connectivity index (χ4n) is 1.32. The predicted molar refractivity (Wildman–Crippen MR) is 70.0 cm³/mol. The van der Waals surface area contributed by atoms with E-state index in [4.69, 9.17) is 10.00 Å². The summed E-state index contributed by atoms with van der Waals surface area (Å²) in [6, 6.07) is 8.58. The van der Waals surface area contributed by atoms with Crippen molar-refractivity contribution in [2.24, 2.45) is 5.92 Å². The molecule has 0 heterocycles. The summed E-state index contributed by atoms with van der Waals surface area (Å²) in [6.07, 6.45) is 0. The lowest BCUT2D eigenvalue weighted by atomic mass is 10.2. The number of anilines is 1. The largest absolute Gasteiger partial charge is 0.464 e. The second kappa shape index (κ2) is 6.65. The second-order valence-electron chi connectivity index (χ2n) is 4.58. The Bertz CT molecular complexity index is 432. The van der Waals surface area contributed by atoms with Crippen LogP contribution in [-0.2, 0) is 9.53 Å². The molecule has 1 unspecified atom stereocenters. The van der Waals surface area contributed by atoms with Gasteiger partial charge in [-0.05, 0) is 37.1 Å². The molecule has 1 N–H and O–H groups in total. The molecule has 0 bridgehead atoms. The maximum atomic E-state index is 11.6. The molecular formula is C14H18N2O2. The minimum absolute atomic E-state index is 0.270. The highest BCUT2D eigenvalue weighted by atomic mass is 16.5. The van der Waals surface area contributed by atoms with Gasteiger partial charge in [-0.3, -0.25) is 0 Å². The van der Waals surface area contributed by atoms with Gasteiger partial charge in [0.05, 0.1) is 18.2 Å². The molecule has 0 aliphatic heterocycles. The minimum atomic E-state index is -0.406. The van der Waals surface area contributed by atoms with Gasteiger partial charge < -0.3 is 10.1 Å². The van der Waals surface area contributed by atoms with Crippen LogP contribution in [0.25, 0.3) is 0 Å². The summed E-state index contributed by atoms with van der Waals surface area (Å²) >= 11 is 0. The van der Waals surface area contributed by atoms with Gasteiger partial charge in [0.2, 0.25) is 0 Å². The van der Waals surface area contributed by atoms with Gasteiger partial charge in [-0.25, -0.2) is 4.79 Å². The number of carbonyl (C=O) groups excluding carboxylic acids is 1. The van der Waals surface area contributed by atoms with E-state index in [1.165, 1.54) is 0 Å². The van der Waals surface area contributed by atoms with Crippen LogP contribution >= 0.6 is 0 Å². The molecular weight excluding hydrogens is 228 g/mol. The van der Waals surface area contributed by atoms with Gasteiger partial charge >= 0.3 is 5.97 Å². The Morgan fingerprint density at radius 3 is 2.44 bits per heavy atom. The molecule has 1 atom stereocenters. The number of hydrogen-bond donors (Lipinski definition) is 1. The Kier molecular flexibility index (Phi) is 5.19. The average Bonchev–Trinajstić information content (AvgIpc) is 2.36. The molecule has 96 valence electrons. The van der Waals surface area contributed by atoms with E-state index in [-0.39, 0.29) is 5.97 Å². The summed E-state index contributed by atoms with van der Waals surface area (Å²) < 4.78 is 5.13. The third-order valence-corrected chi connectivity index (χ3v) is 2.31. The smallest absolute Gasteiger partial charge is 0.328 e. The van der Waals surface area contributed by atoms with Gasteiger partial charge in [0.15, 0.2) is 0 Å². The van der Waals surface area contributed by atoms with Gasteiger partial charge in [-0.1, -0.05) is 13.8 Å². The number of esters is 1. The summed E-state index contributed by atoms with van der Waals surface area (Å²) in [5, 5.41) is 11.7. The van der Waals surface area contributed by atoms with Crippen LogP contribution in [0.1, 0.15) is 26.3 Å². The molecule has 1 aromatic carbocycles. The van der Waals surface area contributed by atoms with Crippen LogP contribution in [0.3, 0.4) is 0 Å². The number of nitriles is 1. The first-order valence-electron chi connectivity index (χ1n) is 5.96. The molecule has 0 aliphatic rings. The van der Waals surface area contributed by atoms with E-state index in [0.717, 1.165) is 5.69 Å². The lowest BCUT2D eigenvalue weighted by molar-refractivity contribution is -0.145. The van der Waals surface area contributed by atoms with Gasteiger partial charge in [0.1, 0.15) is 6.04 Å². The molecule has 4 nitrogen and oxygen atoms in total. The van der Waals surface area contributed by atoms with E-state index in [2.05, 4.69) is 5.32 Å². The second-order valence-corrected chi connectivity index (χ2v) is 4.58. The van der Waals surface area contributed by atoms with E-state index in [9.17, 15) is 4.79 Å². The van der Waals surface area contributed by atoms with Crippen molar-refractivity contribution in [3.05, 3.63) is 29.8 Å². The summed E-state index contributed by atoms with van der Waals surface area (Å²) in [5.74, 6) is 0.0594. The van der Waals surface area contributed by atoms with Gasteiger partial charge in [-0.2, -0.15) is 5.26 Å². The SMILES string of the molecule is CC(C)COC(=O)C(C)Nc1ccc(C#N)cc1. The monoisotopic (exact) mass is 246 g/mol. The molecule has 0 fully saturated rings. The average molecular weight is 246 g/mol. The zero-order chi connectivity index (χ0) is 13.5. The Hall–Kier alpha value is -2.02. The lowest BCUT2D eigenvalue weighted by Crippen LogP contribution is -2.29. The highest BCUT2D eigenvalue weighted by Crippen LogP contribution is 2.10. The number of hydrogen-bond acceptors (Lipinski definition) is 4. The van der Waals surface area contributed by atoms with Gasteiger partial charge in [-0.15, -0.1) is 0 Å². The van der Waals surface area contributed by atoms with Crippen molar-refractivity contribution in [1.82, 2.24) is 0 Å². The van der Waals surface area contributed by atoms with Crippen molar-refractivity contribution < 1.29 is 9.53 Å². The quantitative estimate of drug-likeness (QED) is 0.811. The maximum Gasteiger partial charge on any atom is 0.328 e. The van der Waals surface area contributed by atoms with Crippen LogP contribution in [0, 0.1) is 17.2 Å². The highest BCUT2D eigenvalue weighted by Gasteiger charge is 2.14. The molecule has 0 spiro atoms. The van der Waals surface area contributed by atoms with E-state index in [0.29, 0.717) is 18.1 Å². The van der Waals surface area contributed by atoms with E-state index in [1.807, 2.05) is 19.9 Å². The molecule has 0 radical (unpaired) electrons. The van der Waals surface area contributed by atoms with E-state index < -0.39 is 6.04 Å². The minimum Gasteiger partial charge on any atom is -0.464 e. The first-order valence-corrected chi connectivity index (χ1v) is 5.96. The zero-order valence-electron chi connectivity index (χ0n) is 10.9. The molecule has 0 saturated carbocycles. The van der Waals surface area contributed by atoms with E-state index in [1.54, 1.807) is 31.2 Å². The molecule has 0 aliphatic carbocycles. The number of carbonyl (C=O) groups is 1. The first kappa shape index (κ1) is 14.0. The molecule has 1 aromatic rings. The number of rotatable bonds is 5. The van der Waals surface area contributed by atoms with Crippen molar-refractivity contribution in [1.29, 1.82) is 5.26 Å². The fraction of sp³-hybridized carbons (Fsp3) is 0.429. The molecule has 0 amide bonds. The summed E-state index contributed by atoms with van der Waals surface area (Å²) in [7, 11) is 0. The fourth-order valence-corrected chi connectivity index (χ4v) is 1.32. The normalized spacial score (nSPS) is 11.7. The van der Waals surface area contributed by atoms with Crippen molar-refractivity contribution in [3.63, 3.8) is 0 Å². The van der Waals surface area contributed by atoms with Crippen LogP contribution in [0.2, 0.25) is 0 Å². The predicted octanol–water partition coefficient (Wildman–Crippen LogP) is 2.56. The Balaban J connectivity index is 2.50. The molecule has 18 heavy (non-hydrogen) atoms. The Morgan fingerprint density at radius 2 is 1.94 bits per heavy atom. The molecule has 0 saturated heterocycles. The first-order chi connectivity index (χ1) is 8.52. The third kappa shape index (κ3) is 4.46. The standard InChI is InChI=1S/C14H18N2O2/c1-10(2)9-18-14(17)11(3)16-13-6-4-12(8-15)5-7-13/h4-7,10-11,16H,9H2,1-3H3. The van der Waals surface area contributed by atoms with Crippen LogP contribution in [-0.4, -0.2) is 18.6 Å². The van der Waals surface area contributed by atoms with Crippen LogP contribution < -0.4 is 5.32 Å². The number of benzene rings is 1. The summed E-state index contributed by atoms with van der Waals surface area (Å²) in [4.78, 5) is 11.6. The van der Waals surface area contributed by atoms with Gasteiger partial charge in [0.25, 0.3) is 0 Å². The van der Waals surface area contributed by atoms with Crippen molar-refractivity contribution >= 4 is 11.7 Å². The summed E-state index contributed by atoms with van der Waals surface area (Å²) in [5.41, 5.74) is 1.39. The maximum absolute atomic E-state index is 11.6. The Labute approximate surface area is 108 Å². The van der Waals surface area contributed by atoms with Crippen LogP contribution in [0.15, 0.2) is 24.3 Å².